The molecule has 1 atom stereocenters. The standard InChI is InChI=1S/C35H71NO/c1-9-11-13-15-17-19-21-23-25-27-29-36(30-28-26-24-22-20-18-16-14-12-10-2)33(37)32(35(6,7)8)31-34(3,4)5/h32H,9-31H2,1-8H3. The van der Waals surface area contributed by atoms with E-state index in [9.17, 15) is 4.79 Å². The Labute approximate surface area is 235 Å². The molecule has 0 aliphatic heterocycles. The zero-order valence-corrected chi connectivity index (χ0v) is 27.2. The van der Waals surface area contributed by atoms with Crippen LogP contribution in [0.1, 0.15) is 190 Å². The summed E-state index contributed by atoms with van der Waals surface area (Å²) < 4.78 is 0. The van der Waals surface area contributed by atoms with Crippen molar-refractivity contribution in [3.63, 3.8) is 0 Å². The van der Waals surface area contributed by atoms with Gasteiger partial charge in [-0.3, -0.25) is 4.79 Å². The molecule has 0 aromatic heterocycles. The fourth-order valence-corrected chi connectivity index (χ4v) is 5.51. The summed E-state index contributed by atoms with van der Waals surface area (Å²) in [6.45, 7) is 20.2. The molecule has 1 unspecified atom stereocenters. The summed E-state index contributed by atoms with van der Waals surface area (Å²) in [6, 6.07) is 0. The first-order chi connectivity index (χ1) is 17.5. The molecule has 0 fully saturated rings. The SMILES string of the molecule is CCCCCCCCCCCCN(CCCCCCCCCCCC)C(=O)C(CC(C)(C)C)C(C)(C)C. The number of nitrogens with zero attached hydrogens (tertiary/aromatic N) is 1. The lowest BCUT2D eigenvalue weighted by molar-refractivity contribution is -0.140. The van der Waals surface area contributed by atoms with E-state index in [1.807, 2.05) is 0 Å². The molecule has 0 N–H and O–H groups in total. The maximum atomic E-state index is 13.9. The van der Waals surface area contributed by atoms with E-state index in [1.165, 1.54) is 128 Å². The highest BCUT2D eigenvalue weighted by Gasteiger charge is 2.36. The van der Waals surface area contributed by atoms with Gasteiger partial charge in [0.2, 0.25) is 5.91 Å². The second-order valence-electron chi connectivity index (χ2n) is 14.4. The summed E-state index contributed by atoms with van der Waals surface area (Å²) in [5, 5.41) is 0. The number of rotatable bonds is 24. The van der Waals surface area contributed by atoms with E-state index in [0.29, 0.717) is 5.91 Å². The molecule has 0 spiro atoms. The van der Waals surface area contributed by atoms with Crippen molar-refractivity contribution in [3.8, 4) is 0 Å². The number of hydrogen-bond acceptors (Lipinski definition) is 1. The topological polar surface area (TPSA) is 20.3 Å². The predicted octanol–water partition coefficient (Wildman–Crippen LogP) is 11.8. The van der Waals surface area contributed by atoms with Crippen molar-refractivity contribution in [2.24, 2.45) is 16.7 Å². The summed E-state index contributed by atoms with van der Waals surface area (Å²) in [5.41, 5.74) is 0.186. The van der Waals surface area contributed by atoms with Crippen molar-refractivity contribution in [1.29, 1.82) is 0 Å². The molecule has 2 nitrogen and oxygen atoms in total. The Hall–Kier alpha value is -0.530. The van der Waals surface area contributed by atoms with Crippen LogP contribution in [0.3, 0.4) is 0 Å². The Kier molecular flexibility index (Phi) is 22.0. The van der Waals surface area contributed by atoms with Crippen molar-refractivity contribution in [1.82, 2.24) is 4.90 Å². The zero-order valence-electron chi connectivity index (χ0n) is 27.2. The van der Waals surface area contributed by atoms with Crippen molar-refractivity contribution in [3.05, 3.63) is 0 Å². The molecular formula is C35H71NO. The highest BCUT2D eigenvalue weighted by Crippen LogP contribution is 2.37. The highest BCUT2D eigenvalue weighted by molar-refractivity contribution is 5.79. The van der Waals surface area contributed by atoms with Crippen molar-refractivity contribution in [2.45, 2.75) is 190 Å². The molecular weight excluding hydrogens is 450 g/mol. The summed E-state index contributed by atoms with van der Waals surface area (Å²) in [5.74, 6) is 0.535. The average molecular weight is 522 g/mol. The number of unbranched alkanes of at least 4 members (excludes halogenated alkanes) is 18. The normalized spacial score (nSPS) is 13.2. The third kappa shape index (κ3) is 22.0. The van der Waals surface area contributed by atoms with Crippen LogP contribution in [-0.4, -0.2) is 23.9 Å². The van der Waals surface area contributed by atoms with Crippen LogP contribution in [-0.2, 0) is 4.79 Å². The summed E-state index contributed by atoms with van der Waals surface area (Å²) in [6.07, 6.45) is 28.0. The number of carbonyl (C=O) groups is 1. The first-order valence-electron chi connectivity index (χ1n) is 16.8. The monoisotopic (exact) mass is 522 g/mol. The maximum Gasteiger partial charge on any atom is 0.226 e. The second-order valence-corrected chi connectivity index (χ2v) is 14.4. The summed E-state index contributed by atoms with van der Waals surface area (Å²) >= 11 is 0. The molecule has 0 bridgehead atoms. The van der Waals surface area contributed by atoms with Gasteiger partial charge in [0.15, 0.2) is 0 Å². The second kappa shape index (κ2) is 22.3. The average Bonchev–Trinajstić information content (AvgIpc) is 2.82. The van der Waals surface area contributed by atoms with E-state index in [0.717, 1.165) is 19.5 Å². The Morgan fingerprint density at radius 2 is 0.811 bits per heavy atom. The third-order valence-electron chi connectivity index (χ3n) is 8.03. The molecule has 2 heteroatoms. The minimum absolute atomic E-state index is 0.0121. The van der Waals surface area contributed by atoms with Crippen LogP contribution < -0.4 is 0 Å². The third-order valence-corrected chi connectivity index (χ3v) is 8.03. The minimum Gasteiger partial charge on any atom is -0.342 e. The van der Waals surface area contributed by atoms with Crippen LogP contribution in [0, 0.1) is 16.7 Å². The number of hydrogen-bond donors (Lipinski definition) is 0. The molecule has 0 saturated heterocycles. The molecule has 0 aliphatic carbocycles. The largest absolute Gasteiger partial charge is 0.342 e. The fraction of sp³-hybridized carbons (Fsp3) is 0.971. The molecule has 0 heterocycles. The van der Waals surface area contributed by atoms with Crippen LogP contribution in [0.2, 0.25) is 0 Å². The van der Waals surface area contributed by atoms with E-state index in [1.54, 1.807) is 0 Å². The van der Waals surface area contributed by atoms with Gasteiger partial charge in [-0.25, -0.2) is 0 Å². The molecule has 1 amide bonds. The van der Waals surface area contributed by atoms with Crippen LogP contribution in [0.25, 0.3) is 0 Å². The van der Waals surface area contributed by atoms with Gasteiger partial charge >= 0.3 is 0 Å². The smallest absolute Gasteiger partial charge is 0.226 e. The zero-order chi connectivity index (χ0) is 28.0. The lowest BCUT2D eigenvalue weighted by atomic mass is 9.71. The van der Waals surface area contributed by atoms with Crippen molar-refractivity contribution < 1.29 is 4.79 Å². The number of carbonyl (C=O) groups excluding carboxylic acids is 1. The molecule has 0 aromatic carbocycles. The predicted molar refractivity (Wildman–Crippen MR) is 167 cm³/mol. The van der Waals surface area contributed by atoms with Gasteiger partial charge < -0.3 is 4.90 Å². The highest BCUT2D eigenvalue weighted by atomic mass is 16.2. The summed E-state index contributed by atoms with van der Waals surface area (Å²) in [4.78, 5) is 16.2. The van der Waals surface area contributed by atoms with Gasteiger partial charge in [0.25, 0.3) is 0 Å². The van der Waals surface area contributed by atoms with Crippen molar-refractivity contribution in [2.75, 3.05) is 13.1 Å². The van der Waals surface area contributed by atoms with Gasteiger partial charge in [0.1, 0.15) is 0 Å². The molecule has 222 valence electrons. The van der Waals surface area contributed by atoms with E-state index in [4.69, 9.17) is 0 Å². The first-order valence-corrected chi connectivity index (χ1v) is 16.8. The fourth-order valence-electron chi connectivity index (χ4n) is 5.51. The summed E-state index contributed by atoms with van der Waals surface area (Å²) in [7, 11) is 0. The van der Waals surface area contributed by atoms with Gasteiger partial charge in [-0.1, -0.05) is 171 Å². The van der Waals surface area contributed by atoms with Crippen LogP contribution >= 0.6 is 0 Å². The quantitative estimate of drug-likeness (QED) is 0.116. The molecule has 0 saturated carbocycles. The van der Waals surface area contributed by atoms with E-state index in [-0.39, 0.29) is 16.7 Å². The van der Waals surface area contributed by atoms with Gasteiger partial charge in [0, 0.05) is 19.0 Å². The Bertz CT molecular complexity index is 488. The van der Waals surface area contributed by atoms with Gasteiger partial charge in [-0.2, -0.15) is 0 Å². The van der Waals surface area contributed by atoms with E-state index >= 15 is 0 Å². The van der Waals surface area contributed by atoms with E-state index in [2.05, 4.69) is 60.3 Å². The first kappa shape index (κ1) is 36.5. The molecule has 0 rings (SSSR count). The Morgan fingerprint density at radius 3 is 1.08 bits per heavy atom. The van der Waals surface area contributed by atoms with E-state index < -0.39 is 0 Å². The lowest BCUT2D eigenvalue weighted by Gasteiger charge is -2.38. The molecule has 0 radical (unpaired) electrons. The Morgan fingerprint density at radius 1 is 0.514 bits per heavy atom. The van der Waals surface area contributed by atoms with Crippen LogP contribution in [0.4, 0.5) is 0 Å². The minimum atomic E-state index is 0.0121. The van der Waals surface area contributed by atoms with Gasteiger partial charge in [0.05, 0.1) is 0 Å². The van der Waals surface area contributed by atoms with Gasteiger partial charge in [-0.15, -0.1) is 0 Å². The van der Waals surface area contributed by atoms with Crippen LogP contribution in [0.15, 0.2) is 0 Å². The van der Waals surface area contributed by atoms with Gasteiger partial charge in [-0.05, 0) is 30.1 Å². The van der Waals surface area contributed by atoms with Crippen LogP contribution in [0.5, 0.6) is 0 Å². The molecule has 0 aromatic rings. The molecule has 0 aliphatic rings. The number of amides is 1. The lowest BCUT2D eigenvalue weighted by Crippen LogP contribution is -2.43. The Balaban J connectivity index is 4.61. The maximum absolute atomic E-state index is 13.9. The molecule has 37 heavy (non-hydrogen) atoms. The van der Waals surface area contributed by atoms with Crippen molar-refractivity contribution >= 4 is 5.91 Å².